The van der Waals surface area contributed by atoms with Gasteiger partial charge in [0.15, 0.2) is 0 Å². The highest BCUT2D eigenvalue weighted by Gasteiger charge is 2.10. The molecule has 1 atom stereocenters. The van der Waals surface area contributed by atoms with Crippen LogP contribution in [0.5, 0.6) is 0 Å². The Morgan fingerprint density at radius 3 is 2.50 bits per heavy atom. The van der Waals surface area contributed by atoms with Gasteiger partial charge in [-0.3, -0.25) is 4.79 Å². The van der Waals surface area contributed by atoms with Crippen molar-refractivity contribution in [3.8, 4) is 0 Å². The Labute approximate surface area is 62.5 Å². The van der Waals surface area contributed by atoms with E-state index in [-0.39, 0.29) is 0 Å². The van der Waals surface area contributed by atoms with Crippen LogP contribution >= 0.6 is 11.6 Å². The van der Waals surface area contributed by atoms with Crippen LogP contribution in [-0.2, 0) is 4.79 Å². The second-order valence-electron chi connectivity index (χ2n) is 1.75. The summed E-state index contributed by atoms with van der Waals surface area (Å²) in [6.07, 6.45) is -2.51. The van der Waals surface area contributed by atoms with Gasteiger partial charge in [0.2, 0.25) is 5.91 Å². The quantitative estimate of drug-likeness (QED) is 0.631. The van der Waals surface area contributed by atoms with Crippen molar-refractivity contribution in [1.29, 1.82) is 0 Å². The number of alkyl halides is 3. The van der Waals surface area contributed by atoms with E-state index in [1.54, 1.807) is 0 Å². The highest BCUT2D eigenvalue weighted by Crippen LogP contribution is 1.93. The van der Waals surface area contributed by atoms with Gasteiger partial charge in [0.1, 0.15) is 5.38 Å². The molecule has 0 saturated carbocycles. The average molecular weight is 172 g/mol. The topological polar surface area (TPSA) is 29.1 Å². The Morgan fingerprint density at radius 2 is 2.20 bits per heavy atom. The first-order valence-electron chi connectivity index (χ1n) is 2.74. The van der Waals surface area contributed by atoms with Gasteiger partial charge in [0.25, 0.3) is 6.43 Å². The molecule has 0 spiro atoms. The Bertz CT molecular complexity index is 118. The molecular formula is C5H8ClF2NO. The molecule has 5 heteroatoms. The van der Waals surface area contributed by atoms with Crippen LogP contribution in [0.1, 0.15) is 6.92 Å². The molecule has 0 aromatic carbocycles. The van der Waals surface area contributed by atoms with Crippen LogP contribution in [0.15, 0.2) is 0 Å². The van der Waals surface area contributed by atoms with Gasteiger partial charge in [-0.25, -0.2) is 8.78 Å². The third kappa shape index (κ3) is 4.49. The molecule has 0 aliphatic carbocycles. The summed E-state index contributed by atoms with van der Waals surface area (Å²) in [6, 6.07) is 0. The van der Waals surface area contributed by atoms with Gasteiger partial charge < -0.3 is 5.32 Å². The monoisotopic (exact) mass is 171 g/mol. The van der Waals surface area contributed by atoms with Crippen molar-refractivity contribution < 1.29 is 13.6 Å². The third-order valence-corrected chi connectivity index (χ3v) is 0.990. The standard InChI is InChI=1S/C5H8ClF2NO/c1-3(6)5(10)9-2-4(7)8/h3-4H,2H2,1H3,(H,9,10). The molecule has 0 aromatic rings. The minimum absolute atomic E-state index is 0.568. The van der Waals surface area contributed by atoms with Crippen LogP contribution in [0.3, 0.4) is 0 Å². The summed E-state index contributed by atoms with van der Waals surface area (Å²) in [7, 11) is 0. The first kappa shape index (κ1) is 9.62. The van der Waals surface area contributed by atoms with Crippen molar-refractivity contribution in [2.24, 2.45) is 0 Å². The molecule has 1 amide bonds. The van der Waals surface area contributed by atoms with E-state index in [2.05, 4.69) is 0 Å². The Morgan fingerprint density at radius 1 is 1.70 bits per heavy atom. The number of rotatable bonds is 3. The maximum Gasteiger partial charge on any atom is 0.255 e. The van der Waals surface area contributed by atoms with E-state index in [1.807, 2.05) is 5.32 Å². The van der Waals surface area contributed by atoms with Crippen molar-refractivity contribution >= 4 is 17.5 Å². The molecule has 2 nitrogen and oxygen atoms in total. The summed E-state index contributed by atoms with van der Waals surface area (Å²) in [5, 5.41) is 1.21. The minimum atomic E-state index is -2.51. The molecule has 0 fully saturated rings. The Balaban J connectivity index is 3.40. The highest BCUT2D eigenvalue weighted by molar-refractivity contribution is 6.30. The molecule has 10 heavy (non-hydrogen) atoms. The fourth-order valence-electron chi connectivity index (χ4n) is 0.318. The van der Waals surface area contributed by atoms with Crippen molar-refractivity contribution in [1.82, 2.24) is 5.32 Å². The average Bonchev–Trinajstić information content (AvgIpc) is 1.82. The van der Waals surface area contributed by atoms with Crippen LogP contribution < -0.4 is 5.32 Å². The normalized spacial score (nSPS) is 13.3. The van der Waals surface area contributed by atoms with Crippen LogP contribution in [-0.4, -0.2) is 24.3 Å². The Kier molecular flexibility index (Phi) is 4.27. The molecule has 0 aromatic heterocycles. The predicted octanol–water partition coefficient (Wildman–Crippen LogP) is 0.995. The molecule has 60 valence electrons. The van der Waals surface area contributed by atoms with E-state index in [1.165, 1.54) is 6.92 Å². The van der Waals surface area contributed by atoms with Gasteiger partial charge in [0.05, 0.1) is 6.54 Å². The van der Waals surface area contributed by atoms with E-state index in [4.69, 9.17) is 11.6 Å². The Hall–Kier alpha value is -0.380. The summed E-state index contributed by atoms with van der Waals surface area (Å²) >= 11 is 5.25. The zero-order chi connectivity index (χ0) is 8.15. The van der Waals surface area contributed by atoms with E-state index >= 15 is 0 Å². The van der Waals surface area contributed by atoms with Gasteiger partial charge in [-0.2, -0.15) is 0 Å². The molecule has 0 radical (unpaired) electrons. The second kappa shape index (κ2) is 4.44. The summed E-state index contributed by atoms with van der Waals surface area (Å²) < 4.78 is 22.8. The molecular weight excluding hydrogens is 164 g/mol. The maximum atomic E-state index is 11.4. The summed E-state index contributed by atoms with van der Waals surface area (Å²) in [5.74, 6) is -0.568. The summed E-state index contributed by atoms with van der Waals surface area (Å²) in [5.41, 5.74) is 0. The largest absolute Gasteiger partial charge is 0.349 e. The summed E-state index contributed by atoms with van der Waals surface area (Å²) in [4.78, 5) is 10.5. The molecule has 0 heterocycles. The number of hydrogen-bond acceptors (Lipinski definition) is 1. The van der Waals surface area contributed by atoms with E-state index in [9.17, 15) is 13.6 Å². The van der Waals surface area contributed by atoms with E-state index in [0.717, 1.165) is 0 Å². The van der Waals surface area contributed by atoms with Crippen molar-refractivity contribution in [2.45, 2.75) is 18.7 Å². The van der Waals surface area contributed by atoms with Gasteiger partial charge in [0, 0.05) is 0 Å². The van der Waals surface area contributed by atoms with E-state index < -0.39 is 24.3 Å². The fourth-order valence-corrected chi connectivity index (χ4v) is 0.396. The van der Waals surface area contributed by atoms with Gasteiger partial charge in [-0.15, -0.1) is 11.6 Å². The SMILES string of the molecule is CC(Cl)C(=O)NCC(F)F. The van der Waals surface area contributed by atoms with E-state index in [0.29, 0.717) is 0 Å². The van der Waals surface area contributed by atoms with Crippen LogP contribution in [0.2, 0.25) is 0 Å². The second-order valence-corrected chi connectivity index (χ2v) is 2.41. The van der Waals surface area contributed by atoms with Gasteiger partial charge >= 0.3 is 0 Å². The van der Waals surface area contributed by atoms with Gasteiger partial charge in [-0.05, 0) is 6.92 Å². The van der Waals surface area contributed by atoms with Crippen LogP contribution in [0.25, 0.3) is 0 Å². The van der Waals surface area contributed by atoms with Crippen molar-refractivity contribution in [2.75, 3.05) is 6.54 Å². The van der Waals surface area contributed by atoms with Crippen LogP contribution in [0, 0.1) is 0 Å². The molecule has 0 rings (SSSR count). The van der Waals surface area contributed by atoms with Crippen LogP contribution in [0.4, 0.5) is 8.78 Å². The lowest BCUT2D eigenvalue weighted by molar-refractivity contribution is -0.121. The molecule has 0 saturated heterocycles. The summed E-state index contributed by atoms with van der Waals surface area (Å²) in [6.45, 7) is 0.790. The molecule has 0 aliphatic heterocycles. The fraction of sp³-hybridized carbons (Fsp3) is 0.800. The van der Waals surface area contributed by atoms with Crippen molar-refractivity contribution in [3.05, 3.63) is 0 Å². The molecule has 1 N–H and O–H groups in total. The highest BCUT2D eigenvalue weighted by atomic mass is 35.5. The first-order chi connectivity index (χ1) is 4.54. The minimum Gasteiger partial charge on any atom is -0.349 e. The molecule has 1 unspecified atom stereocenters. The number of hydrogen-bond donors (Lipinski definition) is 1. The zero-order valence-corrected chi connectivity index (χ0v) is 6.16. The predicted molar refractivity (Wildman–Crippen MR) is 34.3 cm³/mol. The number of carbonyl (C=O) groups is 1. The zero-order valence-electron chi connectivity index (χ0n) is 5.40. The van der Waals surface area contributed by atoms with Gasteiger partial charge in [-0.1, -0.05) is 0 Å². The van der Waals surface area contributed by atoms with Crippen molar-refractivity contribution in [3.63, 3.8) is 0 Å². The lowest BCUT2D eigenvalue weighted by Gasteiger charge is -2.04. The lowest BCUT2D eigenvalue weighted by atomic mass is 10.4. The number of carbonyl (C=O) groups excluding carboxylic acids is 1. The first-order valence-corrected chi connectivity index (χ1v) is 3.17. The number of amides is 1. The molecule has 0 bridgehead atoms. The molecule has 0 aliphatic rings. The number of nitrogens with one attached hydrogen (secondary N) is 1. The third-order valence-electron chi connectivity index (χ3n) is 0.792. The smallest absolute Gasteiger partial charge is 0.255 e. The lowest BCUT2D eigenvalue weighted by Crippen LogP contribution is -2.33. The maximum absolute atomic E-state index is 11.4. The number of halogens is 3.